The van der Waals surface area contributed by atoms with Crippen LogP contribution < -0.4 is 15.4 Å². The second-order valence-electron chi connectivity index (χ2n) is 7.41. The van der Waals surface area contributed by atoms with Crippen molar-refractivity contribution in [3.8, 4) is 5.75 Å². The molecular formula is C25H21N3O3. The lowest BCUT2D eigenvalue weighted by atomic mass is 10.1. The fourth-order valence-electron chi connectivity index (χ4n) is 4.03. The smallest absolute Gasteiger partial charge is 0.262 e. The van der Waals surface area contributed by atoms with E-state index in [0.29, 0.717) is 17.1 Å². The minimum atomic E-state index is -0.251. The van der Waals surface area contributed by atoms with Crippen LogP contribution in [0.15, 0.2) is 66.7 Å². The van der Waals surface area contributed by atoms with Gasteiger partial charge in [-0.25, -0.2) is 0 Å². The summed E-state index contributed by atoms with van der Waals surface area (Å²) in [6.45, 7) is 3.04. The third-order valence-corrected chi connectivity index (χ3v) is 5.42. The SMILES string of the molecule is CCn1c2ccccc2c2cc(/C=C/C(=O)Nc3ccc4c(c3)NC(=O)CO4)ccc21. The van der Waals surface area contributed by atoms with Crippen molar-refractivity contribution in [3.05, 3.63) is 72.3 Å². The van der Waals surface area contributed by atoms with E-state index < -0.39 is 0 Å². The number of nitrogens with one attached hydrogen (secondary N) is 2. The summed E-state index contributed by atoms with van der Waals surface area (Å²) in [5.41, 5.74) is 4.48. The van der Waals surface area contributed by atoms with Crippen LogP contribution in [-0.4, -0.2) is 23.0 Å². The van der Waals surface area contributed by atoms with E-state index in [1.165, 1.54) is 27.9 Å². The lowest BCUT2D eigenvalue weighted by Crippen LogP contribution is -2.25. The minimum absolute atomic E-state index is 0.00269. The standard InChI is InChI=1S/C25H21N3O3/c1-2-28-21-6-4-3-5-18(21)19-13-16(7-10-22(19)28)8-12-24(29)26-17-9-11-23-20(14-17)27-25(30)15-31-23/h3-14H,2,15H2,1H3,(H,26,29)(H,27,30)/b12-8+. The molecule has 0 spiro atoms. The van der Waals surface area contributed by atoms with Crippen molar-refractivity contribution in [2.24, 2.45) is 0 Å². The monoisotopic (exact) mass is 411 g/mol. The van der Waals surface area contributed by atoms with Gasteiger partial charge >= 0.3 is 0 Å². The van der Waals surface area contributed by atoms with Crippen molar-refractivity contribution in [2.75, 3.05) is 17.2 Å². The van der Waals surface area contributed by atoms with Gasteiger partial charge in [-0.05, 0) is 55.0 Å². The summed E-state index contributed by atoms with van der Waals surface area (Å²) in [6.07, 6.45) is 3.31. The van der Waals surface area contributed by atoms with Crippen molar-refractivity contribution < 1.29 is 14.3 Å². The lowest BCUT2D eigenvalue weighted by molar-refractivity contribution is -0.118. The highest BCUT2D eigenvalue weighted by atomic mass is 16.5. The first-order chi connectivity index (χ1) is 15.1. The number of carbonyl (C=O) groups is 2. The number of rotatable bonds is 4. The third kappa shape index (κ3) is 3.53. The number of hydrogen-bond donors (Lipinski definition) is 2. The first kappa shape index (κ1) is 18.9. The van der Waals surface area contributed by atoms with Gasteiger partial charge in [-0.15, -0.1) is 0 Å². The number of hydrogen-bond acceptors (Lipinski definition) is 3. The molecule has 2 N–H and O–H groups in total. The van der Waals surface area contributed by atoms with Crippen molar-refractivity contribution in [3.63, 3.8) is 0 Å². The summed E-state index contributed by atoms with van der Waals surface area (Å²) in [5, 5.41) is 7.93. The molecule has 3 aromatic carbocycles. The van der Waals surface area contributed by atoms with E-state index >= 15 is 0 Å². The van der Waals surface area contributed by atoms with Gasteiger partial charge in [-0.2, -0.15) is 0 Å². The molecule has 1 aliphatic heterocycles. The average molecular weight is 411 g/mol. The largest absolute Gasteiger partial charge is 0.482 e. The van der Waals surface area contributed by atoms with Crippen molar-refractivity contribution >= 4 is 51.1 Å². The maximum Gasteiger partial charge on any atom is 0.262 e. The zero-order valence-electron chi connectivity index (χ0n) is 17.0. The van der Waals surface area contributed by atoms with E-state index in [4.69, 9.17) is 4.74 Å². The van der Waals surface area contributed by atoms with E-state index in [1.807, 2.05) is 12.1 Å². The zero-order chi connectivity index (χ0) is 21.4. The topological polar surface area (TPSA) is 72.4 Å². The van der Waals surface area contributed by atoms with Crippen LogP contribution in [0.25, 0.3) is 27.9 Å². The molecule has 2 amide bonds. The van der Waals surface area contributed by atoms with Gasteiger partial charge in [0.1, 0.15) is 5.75 Å². The number of nitrogens with zero attached hydrogens (tertiary/aromatic N) is 1. The number of para-hydroxylation sites is 1. The molecule has 1 aliphatic rings. The first-order valence-corrected chi connectivity index (χ1v) is 10.2. The Morgan fingerprint density at radius 3 is 2.81 bits per heavy atom. The number of fused-ring (bicyclic) bond motifs is 4. The molecule has 4 aromatic rings. The Balaban J connectivity index is 1.38. The molecule has 0 unspecified atom stereocenters. The van der Waals surface area contributed by atoms with Gasteiger partial charge in [-0.3, -0.25) is 9.59 Å². The molecule has 0 fully saturated rings. The zero-order valence-corrected chi connectivity index (χ0v) is 17.0. The average Bonchev–Trinajstić information content (AvgIpc) is 3.10. The highest BCUT2D eigenvalue weighted by molar-refractivity contribution is 6.09. The van der Waals surface area contributed by atoms with Crippen LogP contribution in [0.5, 0.6) is 5.75 Å². The van der Waals surface area contributed by atoms with Crippen molar-refractivity contribution in [1.29, 1.82) is 0 Å². The number of aromatic nitrogens is 1. The molecule has 0 bridgehead atoms. The number of ether oxygens (including phenoxy) is 1. The number of aryl methyl sites for hydroxylation is 1. The highest BCUT2D eigenvalue weighted by Gasteiger charge is 2.16. The molecule has 0 saturated heterocycles. The van der Waals surface area contributed by atoms with E-state index in [2.05, 4.69) is 52.5 Å². The molecule has 2 heterocycles. The fraction of sp³-hybridized carbons (Fsp3) is 0.120. The van der Waals surface area contributed by atoms with Crippen LogP contribution in [0.4, 0.5) is 11.4 Å². The summed E-state index contributed by atoms with van der Waals surface area (Å²) in [7, 11) is 0. The van der Waals surface area contributed by atoms with E-state index in [0.717, 1.165) is 12.1 Å². The maximum absolute atomic E-state index is 12.4. The molecule has 0 saturated carbocycles. The lowest BCUT2D eigenvalue weighted by Gasteiger charge is -2.18. The number of anilines is 2. The molecule has 154 valence electrons. The van der Waals surface area contributed by atoms with Gasteiger partial charge in [-0.1, -0.05) is 24.3 Å². The van der Waals surface area contributed by atoms with Crippen molar-refractivity contribution in [2.45, 2.75) is 13.5 Å². The predicted molar refractivity (Wildman–Crippen MR) is 123 cm³/mol. The van der Waals surface area contributed by atoms with E-state index in [-0.39, 0.29) is 18.4 Å². The molecular weight excluding hydrogens is 390 g/mol. The molecule has 6 heteroatoms. The van der Waals surface area contributed by atoms with Gasteiger partial charge in [0.2, 0.25) is 5.91 Å². The van der Waals surface area contributed by atoms with Crippen LogP contribution in [0.1, 0.15) is 12.5 Å². The Morgan fingerprint density at radius 2 is 1.94 bits per heavy atom. The molecule has 31 heavy (non-hydrogen) atoms. The highest BCUT2D eigenvalue weighted by Crippen LogP contribution is 2.31. The molecule has 5 rings (SSSR count). The molecule has 1 aromatic heterocycles. The molecule has 0 aliphatic carbocycles. The summed E-state index contributed by atoms with van der Waals surface area (Å²) in [4.78, 5) is 23.9. The summed E-state index contributed by atoms with van der Waals surface area (Å²) in [6, 6.07) is 19.7. The van der Waals surface area contributed by atoms with Gasteiger partial charge in [0.25, 0.3) is 5.91 Å². The van der Waals surface area contributed by atoms with Crippen LogP contribution in [0.3, 0.4) is 0 Å². The summed E-state index contributed by atoms with van der Waals surface area (Å²) in [5.74, 6) is 0.127. The van der Waals surface area contributed by atoms with Gasteiger partial charge in [0.05, 0.1) is 5.69 Å². The molecule has 0 atom stereocenters. The minimum Gasteiger partial charge on any atom is -0.482 e. The quantitative estimate of drug-likeness (QED) is 0.474. The third-order valence-electron chi connectivity index (χ3n) is 5.42. The van der Waals surface area contributed by atoms with Crippen LogP contribution >= 0.6 is 0 Å². The molecule has 6 nitrogen and oxygen atoms in total. The predicted octanol–water partition coefficient (Wildman–Crippen LogP) is 4.80. The fourth-order valence-corrected chi connectivity index (χ4v) is 4.03. The Hall–Kier alpha value is -4.06. The Kier molecular flexibility index (Phi) is 4.67. The van der Waals surface area contributed by atoms with Gasteiger partial charge < -0.3 is 19.9 Å². The Bertz CT molecular complexity index is 1370. The van der Waals surface area contributed by atoms with Crippen molar-refractivity contribution in [1.82, 2.24) is 4.57 Å². The van der Waals surface area contributed by atoms with Crippen LogP contribution in [0, 0.1) is 0 Å². The number of amides is 2. The molecule has 0 radical (unpaired) electrons. The van der Waals surface area contributed by atoms with E-state index in [1.54, 1.807) is 24.3 Å². The number of carbonyl (C=O) groups excluding carboxylic acids is 2. The first-order valence-electron chi connectivity index (χ1n) is 10.2. The Labute approximate surface area is 179 Å². The van der Waals surface area contributed by atoms with Gasteiger partial charge in [0.15, 0.2) is 6.61 Å². The second kappa shape index (κ2) is 7.65. The van der Waals surface area contributed by atoms with Gasteiger partial charge in [0, 0.05) is 40.1 Å². The number of benzene rings is 3. The maximum atomic E-state index is 12.4. The van der Waals surface area contributed by atoms with Crippen LogP contribution in [-0.2, 0) is 16.1 Å². The normalized spacial score (nSPS) is 13.3. The summed E-state index contributed by atoms with van der Waals surface area (Å²) >= 11 is 0. The summed E-state index contributed by atoms with van der Waals surface area (Å²) < 4.78 is 7.63. The Morgan fingerprint density at radius 1 is 1.10 bits per heavy atom. The second-order valence-corrected chi connectivity index (χ2v) is 7.41. The van der Waals surface area contributed by atoms with E-state index in [9.17, 15) is 9.59 Å². The van der Waals surface area contributed by atoms with Crippen LogP contribution in [0.2, 0.25) is 0 Å².